The Morgan fingerprint density at radius 1 is 0.972 bits per heavy atom. The Morgan fingerprint density at radius 2 is 1.72 bits per heavy atom. The molecule has 1 atom stereocenters. The van der Waals surface area contributed by atoms with Crippen LogP contribution in [-0.2, 0) is 16.8 Å². The van der Waals surface area contributed by atoms with Crippen molar-refractivity contribution in [2.24, 2.45) is 11.4 Å². The minimum absolute atomic E-state index is 0.194. The molecule has 180 valence electrons. The van der Waals surface area contributed by atoms with Gasteiger partial charge in [0, 0.05) is 47.4 Å². The molecule has 4 rings (SSSR count). The van der Waals surface area contributed by atoms with E-state index in [-0.39, 0.29) is 11.5 Å². The Bertz CT molecular complexity index is 1640. The van der Waals surface area contributed by atoms with Gasteiger partial charge in [0.1, 0.15) is 5.69 Å². The van der Waals surface area contributed by atoms with E-state index in [1.54, 1.807) is 73.8 Å². The summed E-state index contributed by atoms with van der Waals surface area (Å²) in [6, 6.07) is 19.0. The van der Waals surface area contributed by atoms with Gasteiger partial charge in [-0.05, 0) is 49.4 Å². The predicted octanol–water partition coefficient (Wildman–Crippen LogP) is 4.07. The van der Waals surface area contributed by atoms with Crippen LogP contribution in [0.25, 0.3) is 0 Å². The van der Waals surface area contributed by atoms with E-state index in [0.29, 0.717) is 27.4 Å². The first-order valence-electron chi connectivity index (χ1n) is 10.9. The van der Waals surface area contributed by atoms with Gasteiger partial charge in [-0.15, -0.1) is 0 Å². The normalized spacial score (nSPS) is 12.1. The molecule has 0 radical (unpaired) electrons. The van der Waals surface area contributed by atoms with E-state index in [1.807, 2.05) is 6.92 Å². The molecule has 0 fully saturated rings. The number of amides is 2. The van der Waals surface area contributed by atoms with Crippen LogP contribution < -0.4 is 5.32 Å². The molecule has 0 aliphatic heterocycles. The Kier molecular flexibility index (Phi) is 7.08. The van der Waals surface area contributed by atoms with Crippen molar-refractivity contribution in [2.75, 3.05) is 11.6 Å². The standard InChI is InChI=1S/C27H23N5O3S/c1-19-14-25(32(2)30-19)27(34)29-23-9-7-8-20(16-23)12-13-21-15-22(18-28-17-21)26(33)31-36(3,35)24-10-5-4-6-11-24/h4-11,14-18H,1-3H3,(H,29,34)/t36-/m0/s1. The summed E-state index contributed by atoms with van der Waals surface area (Å²) in [6.07, 6.45) is 4.33. The summed E-state index contributed by atoms with van der Waals surface area (Å²) in [5, 5.41) is 7.04. The first-order valence-corrected chi connectivity index (χ1v) is 12.8. The van der Waals surface area contributed by atoms with Crippen LogP contribution in [0.3, 0.4) is 0 Å². The molecule has 0 spiro atoms. The van der Waals surface area contributed by atoms with E-state index in [0.717, 1.165) is 5.69 Å². The van der Waals surface area contributed by atoms with Crippen LogP contribution in [0.5, 0.6) is 0 Å². The lowest BCUT2D eigenvalue weighted by Gasteiger charge is -2.05. The van der Waals surface area contributed by atoms with E-state index in [4.69, 9.17) is 0 Å². The number of pyridine rings is 1. The number of aromatic nitrogens is 3. The van der Waals surface area contributed by atoms with Crippen LogP contribution in [0.15, 0.2) is 88.4 Å². The quantitative estimate of drug-likeness (QED) is 0.428. The third kappa shape index (κ3) is 5.92. The van der Waals surface area contributed by atoms with Gasteiger partial charge in [-0.2, -0.15) is 9.46 Å². The second-order valence-corrected chi connectivity index (χ2v) is 10.3. The van der Waals surface area contributed by atoms with Crippen molar-refractivity contribution in [3.05, 3.63) is 107 Å². The maximum absolute atomic E-state index is 12.9. The van der Waals surface area contributed by atoms with Crippen molar-refractivity contribution >= 4 is 27.2 Å². The van der Waals surface area contributed by atoms with Crippen LogP contribution in [0.1, 0.15) is 37.7 Å². The number of anilines is 1. The fourth-order valence-electron chi connectivity index (χ4n) is 3.40. The van der Waals surface area contributed by atoms with Crippen LogP contribution in [-0.4, -0.2) is 37.0 Å². The summed E-state index contributed by atoms with van der Waals surface area (Å²) in [4.78, 5) is 29.8. The van der Waals surface area contributed by atoms with E-state index < -0.39 is 15.6 Å². The molecule has 2 heterocycles. The van der Waals surface area contributed by atoms with Crippen molar-refractivity contribution in [3.63, 3.8) is 0 Å². The Labute approximate surface area is 209 Å². The second kappa shape index (κ2) is 10.4. The Hall–Kier alpha value is -4.55. The summed E-state index contributed by atoms with van der Waals surface area (Å²) >= 11 is 0. The number of rotatable bonds is 4. The summed E-state index contributed by atoms with van der Waals surface area (Å²) in [6.45, 7) is 1.82. The van der Waals surface area contributed by atoms with Crippen molar-refractivity contribution in [1.82, 2.24) is 14.8 Å². The van der Waals surface area contributed by atoms with Gasteiger partial charge >= 0.3 is 0 Å². The molecule has 2 aromatic heterocycles. The number of hydrogen-bond acceptors (Lipinski definition) is 5. The molecular weight excluding hydrogens is 474 g/mol. The van der Waals surface area contributed by atoms with Crippen molar-refractivity contribution < 1.29 is 13.8 Å². The molecule has 2 aromatic carbocycles. The fourth-order valence-corrected chi connectivity index (χ4v) is 4.59. The van der Waals surface area contributed by atoms with Gasteiger partial charge in [-0.1, -0.05) is 36.1 Å². The molecule has 2 amide bonds. The number of nitrogens with one attached hydrogen (secondary N) is 1. The number of nitrogens with zero attached hydrogens (tertiary/aromatic N) is 4. The maximum atomic E-state index is 12.9. The number of carbonyl (C=O) groups excluding carboxylic acids is 2. The van der Waals surface area contributed by atoms with Gasteiger partial charge in [0.25, 0.3) is 11.8 Å². The number of benzene rings is 2. The molecule has 0 saturated heterocycles. The number of aryl methyl sites for hydroxylation is 2. The highest BCUT2D eigenvalue weighted by Crippen LogP contribution is 2.14. The van der Waals surface area contributed by atoms with E-state index in [2.05, 4.69) is 31.6 Å². The highest BCUT2D eigenvalue weighted by Gasteiger charge is 2.13. The molecule has 1 N–H and O–H groups in total. The monoisotopic (exact) mass is 497 g/mol. The van der Waals surface area contributed by atoms with Gasteiger partial charge in [0.05, 0.1) is 21.0 Å². The first kappa shape index (κ1) is 24.6. The van der Waals surface area contributed by atoms with Gasteiger partial charge < -0.3 is 5.32 Å². The smallest absolute Gasteiger partial charge is 0.286 e. The average Bonchev–Trinajstić information content (AvgIpc) is 3.21. The lowest BCUT2D eigenvalue weighted by Crippen LogP contribution is -2.16. The van der Waals surface area contributed by atoms with Gasteiger partial charge in [-0.3, -0.25) is 19.3 Å². The molecule has 0 saturated carbocycles. The van der Waals surface area contributed by atoms with Crippen LogP contribution in [0.2, 0.25) is 0 Å². The highest BCUT2D eigenvalue weighted by atomic mass is 32.2. The lowest BCUT2D eigenvalue weighted by molar-refractivity contribution is 0.0999. The van der Waals surface area contributed by atoms with E-state index in [9.17, 15) is 13.8 Å². The molecular formula is C27H23N5O3S. The summed E-state index contributed by atoms with van der Waals surface area (Å²) in [5.41, 5.74) is 3.15. The minimum atomic E-state index is -2.89. The lowest BCUT2D eigenvalue weighted by atomic mass is 10.1. The Morgan fingerprint density at radius 3 is 2.44 bits per heavy atom. The van der Waals surface area contributed by atoms with Crippen molar-refractivity contribution in [2.45, 2.75) is 11.8 Å². The maximum Gasteiger partial charge on any atom is 0.286 e. The minimum Gasteiger partial charge on any atom is -0.321 e. The molecule has 8 nitrogen and oxygen atoms in total. The topological polar surface area (TPSA) is 106 Å². The first-order chi connectivity index (χ1) is 17.2. The molecule has 4 aromatic rings. The third-order valence-corrected chi connectivity index (χ3v) is 6.79. The summed E-state index contributed by atoms with van der Waals surface area (Å²) < 4.78 is 18.4. The van der Waals surface area contributed by atoms with Gasteiger partial charge in [0.2, 0.25) is 0 Å². The number of carbonyl (C=O) groups is 2. The van der Waals surface area contributed by atoms with Crippen LogP contribution >= 0.6 is 0 Å². The highest BCUT2D eigenvalue weighted by molar-refractivity contribution is 7.93. The largest absolute Gasteiger partial charge is 0.321 e. The van der Waals surface area contributed by atoms with E-state index in [1.165, 1.54) is 23.3 Å². The molecule has 36 heavy (non-hydrogen) atoms. The molecule has 0 bridgehead atoms. The SMILES string of the molecule is Cc1cc(C(=O)Nc2cccc(C#Cc3cncc(C(=O)N=[S@@](C)(=O)c4ccccc4)c3)c2)n(C)n1. The fraction of sp³-hybridized carbons (Fsp3) is 0.111. The van der Waals surface area contributed by atoms with Crippen LogP contribution in [0, 0.1) is 18.8 Å². The Balaban J connectivity index is 1.52. The third-order valence-electron chi connectivity index (χ3n) is 5.13. The van der Waals surface area contributed by atoms with Crippen LogP contribution in [0.4, 0.5) is 5.69 Å². The van der Waals surface area contributed by atoms with Crippen molar-refractivity contribution in [3.8, 4) is 11.8 Å². The van der Waals surface area contributed by atoms with E-state index >= 15 is 0 Å². The zero-order valence-corrected chi connectivity index (χ0v) is 20.7. The van der Waals surface area contributed by atoms with Gasteiger partial charge in [0.15, 0.2) is 0 Å². The second-order valence-electron chi connectivity index (χ2n) is 8.05. The zero-order valence-electron chi connectivity index (χ0n) is 19.9. The predicted molar refractivity (Wildman–Crippen MR) is 138 cm³/mol. The number of hydrogen-bond donors (Lipinski definition) is 1. The molecule has 0 unspecified atom stereocenters. The molecule has 0 aliphatic carbocycles. The van der Waals surface area contributed by atoms with Crippen molar-refractivity contribution in [1.29, 1.82) is 0 Å². The molecule has 9 heteroatoms. The summed E-state index contributed by atoms with van der Waals surface area (Å²) in [7, 11) is -1.18. The summed E-state index contributed by atoms with van der Waals surface area (Å²) in [5.74, 6) is 5.08. The molecule has 0 aliphatic rings. The average molecular weight is 498 g/mol. The van der Waals surface area contributed by atoms with Gasteiger partial charge in [-0.25, -0.2) is 4.21 Å². The zero-order chi connectivity index (χ0) is 25.7.